The van der Waals surface area contributed by atoms with Gasteiger partial charge in [0, 0.05) is 34.5 Å². The van der Waals surface area contributed by atoms with Crippen molar-refractivity contribution in [2.75, 3.05) is 0 Å². The first kappa shape index (κ1) is 25.1. The van der Waals surface area contributed by atoms with E-state index in [0.29, 0.717) is 28.6 Å². The standard InChI is InChI=1S/C23H24BF7N2/c1-7-13-9(3)22(32-11(13)5)16(15-17(25)19(27)21(29)20(28)18(15)26)23-10(4)14(8-2)12(6)33(23)24(30)31/h9,13H,7-8H2,1-6H3/b22-16-. The van der Waals surface area contributed by atoms with E-state index in [0.717, 1.165) is 0 Å². The summed E-state index contributed by atoms with van der Waals surface area (Å²) in [5, 5.41) is 0. The van der Waals surface area contributed by atoms with Crippen LogP contribution in [0.25, 0.3) is 5.57 Å². The van der Waals surface area contributed by atoms with Gasteiger partial charge in [-0.3, -0.25) is 13.6 Å². The van der Waals surface area contributed by atoms with E-state index in [-0.39, 0.29) is 28.6 Å². The largest absolute Gasteiger partial charge is 0.677 e. The third-order valence-corrected chi connectivity index (χ3v) is 6.66. The molecule has 1 aromatic heterocycles. The van der Waals surface area contributed by atoms with Gasteiger partial charge in [-0.05, 0) is 44.7 Å². The van der Waals surface area contributed by atoms with Gasteiger partial charge in [-0.1, -0.05) is 20.8 Å². The molecule has 0 fully saturated rings. The zero-order valence-corrected chi connectivity index (χ0v) is 19.2. The minimum atomic E-state index is -3.11. The van der Waals surface area contributed by atoms with Gasteiger partial charge in [-0.25, -0.2) is 22.0 Å². The lowest BCUT2D eigenvalue weighted by molar-refractivity contribution is 0.376. The SMILES string of the molecule is CCc1c(C)c(/C(=C2\N=C(C)C(CC)C2C)c2c(F)c(F)c(F)c(F)c2F)n(B(F)F)c1C. The van der Waals surface area contributed by atoms with E-state index in [1.165, 1.54) is 13.8 Å². The lowest BCUT2D eigenvalue weighted by Crippen LogP contribution is -2.21. The molecule has 178 valence electrons. The van der Waals surface area contributed by atoms with E-state index in [9.17, 15) is 21.8 Å². The van der Waals surface area contributed by atoms with Crippen LogP contribution in [0.1, 0.15) is 62.2 Å². The molecule has 2 heterocycles. The third kappa shape index (κ3) is 3.71. The third-order valence-electron chi connectivity index (χ3n) is 6.66. The average molecular weight is 472 g/mol. The van der Waals surface area contributed by atoms with Crippen molar-refractivity contribution in [2.45, 2.75) is 54.4 Å². The van der Waals surface area contributed by atoms with E-state index < -0.39 is 53.5 Å². The average Bonchev–Trinajstić information content (AvgIpc) is 3.19. The predicted octanol–water partition coefficient (Wildman–Crippen LogP) is 7.03. The molecule has 0 N–H and O–H groups in total. The summed E-state index contributed by atoms with van der Waals surface area (Å²) in [5.74, 6) is -11.4. The van der Waals surface area contributed by atoms with Gasteiger partial charge in [0.05, 0.1) is 11.3 Å². The molecule has 0 aliphatic carbocycles. The maximum Gasteiger partial charge on any atom is 0.677 e. The molecule has 0 radical (unpaired) electrons. The fourth-order valence-corrected chi connectivity index (χ4v) is 5.03. The highest BCUT2D eigenvalue weighted by Crippen LogP contribution is 2.44. The van der Waals surface area contributed by atoms with Gasteiger partial charge in [0.25, 0.3) is 0 Å². The van der Waals surface area contributed by atoms with Crippen molar-refractivity contribution < 1.29 is 30.6 Å². The van der Waals surface area contributed by atoms with Crippen LogP contribution in [0.2, 0.25) is 0 Å². The molecule has 0 bridgehead atoms. The second kappa shape index (κ2) is 9.03. The molecule has 3 rings (SSSR count). The molecule has 0 amide bonds. The molecular formula is C23H24BF7N2. The topological polar surface area (TPSA) is 17.3 Å². The molecular weight excluding hydrogens is 448 g/mol. The summed E-state index contributed by atoms with van der Waals surface area (Å²) >= 11 is 0. The lowest BCUT2D eigenvalue weighted by atomic mass is 9.84. The van der Waals surface area contributed by atoms with Gasteiger partial charge < -0.3 is 4.48 Å². The summed E-state index contributed by atoms with van der Waals surface area (Å²) in [4.78, 5) is 4.41. The summed E-state index contributed by atoms with van der Waals surface area (Å²) < 4.78 is 101. The number of rotatable bonds is 5. The van der Waals surface area contributed by atoms with Crippen molar-refractivity contribution in [3.05, 3.63) is 62.9 Å². The van der Waals surface area contributed by atoms with Gasteiger partial charge in [0.15, 0.2) is 23.3 Å². The first-order chi connectivity index (χ1) is 15.4. The molecule has 2 nitrogen and oxygen atoms in total. The number of benzene rings is 1. The van der Waals surface area contributed by atoms with Crippen LogP contribution in [-0.2, 0) is 6.42 Å². The van der Waals surface area contributed by atoms with Gasteiger partial charge in [0.2, 0.25) is 5.82 Å². The van der Waals surface area contributed by atoms with Crippen LogP contribution in [0, 0.1) is 54.8 Å². The predicted molar refractivity (Wildman–Crippen MR) is 115 cm³/mol. The monoisotopic (exact) mass is 472 g/mol. The first-order valence-electron chi connectivity index (χ1n) is 10.7. The summed E-state index contributed by atoms with van der Waals surface area (Å²) in [6.07, 6.45) is 0.929. The highest BCUT2D eigenvalue weighted by molar-refractivity contribution is 6.41. The summed E-state index contributed by atoms with van der Waals surface area (Å²) in [6.45, 7) is 9.93. The van der Waals surface area contributed by atoms with E-state index in [1.54, 1.807) is 20.8 Å². The molecule has 2 atom stereocenters. The first-order valence-corrected chi connectivity index (χ1v) is 10.7. The molecule has 33 heavy (non-hydrogen) atoms. The molecule has 1 aromatic carbocycles. The number of allylic oxidation sites excluding steroid dienone is 1. The van der Waals surface area contributed by atoms with Gasteiger partial charge >= 0.3 is 7.40 Å². The minimum Gasteiger partial charge on any atom is -0.329 e. The molecule has 0 spiro atoms. The van der Waals surface area contributed by atoms with Crippen molar-refractivity contribution in [1.82, 2.24) is 4.48 Å². The van der Waals surface area contributed by atoms with Crippen molar-refractivity contribution in [3.8, 4) is 0 Å². The summed E-state index contributed by atoms with van der Waals surface area (Å²) in [5.41, 5.74) is -0.474. The van der Waals surface area contributed by atoms with Crippen LogP contribution in [-0.4, -0.2) is 17.6 Å². The molecule has 2 unspecified atom stereocenters. The number of aromatic nitrogens is 1. The van der Waals surface area contributed by atoms with Crippen molar-refractivity contribution in [2.24, 2.45) is 16.8 Å². The quantitative estimate of drug-likeness (QED) is 0.193. The van der Waals surface area contributed by atoms with E-state index in [1.807, 2.05) is 6.92 Å². The summed E-state index contributed by atoms with van der Waals surface area (Å²) in [7, 11) is -3.11. The Balaban J connectivity index is 2.60. The van der Waals surface area contributed by atoms with E-state index in [4.69, 9.17) is 0 Å². The van der Waals surface area contributed by atoms with Crippen molar-refractivity contribution in [3.63, 3.8) is 0 Å². The van der Waals surface area contributed by atoms with Crippen LogP contribution in [0.3, 0.4) is 0 Å². The van der Waals surface area contributed by atoms with E-state index in [2.05, 4.69) is 4.99 Å². The molecule has 1 aliphatic rings. The van der Waals surface area contributed by atoms with Gasteiger partial charge in [0.1, 0.15) is 0 Å². The molecule has 0 saturated carbocycles. The van der Waals surface area contributed by atoms with Crippen LogP contribution < -0.4 is 0 Å². The maximum absolute atomic E-state index is 15.0. The number of aliphatic imine (C=N–C) groups is 1. The maximum atomic E-state index is 15.0. The fraction of sp³-hybridized carbons (Fsp3) is 0.435. The Morgan fingerprint density at radius 1 is 0.909 bits per heavy atom. The normalized spacial score (nSPS) is 19.8. The second-order valence-electron chi connectivity index (χ2n) is 8.30. The van der Waals surface area contributed by atoms with Crippen LogP contribution in [0.5, 0.6) is 0 Å². The Bertz CT molecular complexity index is 1150. The van der Waals surface area contributed by atoms with E-state index >= 15 is 8.78 Å². The Kier molecular flexibility index (Phi) is 6.87. The zero-order valence-electron chi connectivity index (χ0n) is 19.2. The lowest BCUT2D eigenvalue weighted by Gasteiger charge is -2.21. The highest BCUT2D eigenvalue weighted by atomic mass is 19.2. The van der Waals surface area contributed by atoms with Crippen molar-refractivity contribution in [1.29, 1.82) is 0 Å². The Morgan fingerprint density at radius 3 is 1.85 bits per heavy atom. The number of hydrogen-bond donors (Lipinski definition) is 0. The Hall–Kier alpha value is -2.52. The number of halogens is 7. The van der Waals surface area contributed by atoms with Crippen LogP contribution >= 0.6 is 0 Å². The van der Waals surface area contributed by atoms with Crippen molar-refractivity contribution >= 4 is 18.7 Å². The minimum absolute atomic E-state index is 0.0210. The molecule has 1 aliphatic heterocycles. The number of nitrogens with zero attached hydrogens (tertiary/aromatic N) is 2. The van der Waals surface area contributed by atoms with Crippen LogP contribution in [0.4, 0.5) is 30.6 Å². The summed E-state index contributed by atoms with van der Waals surface area (Å²) in [6, 6.07) is 0. The second-order valence-corrected chi connectivity index (χ2v) is 8.30. The highest BCUT2D eigenvalue weighted by Gasteiger charge is 2.39. The fourth-order valence-electron chi connectivity index (χ4n) is 5.03. The molecule has 0 saturated heterocycles. The van der Waals surface area contributed by atoms with Gasteiger partial charge in [-0.15, -0.1) is 0 Å². The smallest absolute Gasteiger partial charge is 0.329 e. The van der Waals surface area contributed by atoms with Crippen LogP contribution in [0.15, 0.2) is 10.7 Å². The molecule has 2 aromatic rings. The zero-order chi connectivity index (χ0) is 24.9. The van der Waals surface area contributed by atoms with Gasteiger partial charge in [-0.2, -0.15) is 0 Å². The Morgan fingerprint density at radius 2 is 1.42 bits per heavy atom. The number of hydrogen-bond acceptors (Lipinski definition) is 1. The Labute approximate surface area is 188 Å². The molecule has 10 heteroatoms.